The van der Waals surface area contributed by atoms with E-state index in [1.54, 1.807) is 24.4 Å². The van der Waals surface area contributed by atoms with E-state index in [9.17, 15) is 9.18 Å². The lowest BCUT2D eigenvalue weighted by molar-refractivity contribution is -0.117. The quantitative estimate of drug-likeness (QED) is 0.506. The Morgan fingerprint density at radius 3 is 3.00 bits per heavy atom. The zero-order chi connectivity index (χ0) is 19.2. The maximum atomic E-state index is 13.1. The van der Waals surface area contributed by atoms with Crippen LogP contribution in [-0.4, -0.2) is 31.3 Å². The van der Waals surface area contributed by atoms with Crippen molar-refractivity contribution in [3.8, 4) is 5.75 Å². The molecule has 0 spiro atoms. The SMILES string of the molecule is COc1ccc(C2=C(C(=O)NCCCc3cncc(F)c3)NCO2)cc1N. The second-order valence-electron chi connectivity index (χ2n) is 6.00. The van der Waals surface area contributed by atoms with Gasteiger partial charge >= 0.3 is 0 Å². The van der Waals surface area contributed by atoms with Gasteiger partial charge in [0.15, 0.2) is 12.5 Å². The van der Waals surface area contributed by atoms with Crippen LogP contribution in [0.4, 0.5) is 10.1 Å². The molecule has 142 valence electrons. The minimum atomic E-state index is -0.364. The summed E-state index contributed by atoms with van der Waals surface area (Å²) in [5, 5.41) is 5.77. The number of halogens is 1. The van der Waals surface area contributed by atoms with E-state index in [1.807, 2.05) is 0 Å². The zero-order valence-corrected chi connectivity index (χ0v) is 14.9. The molecular formula is C19H21FN4O3. The number of rotatable bonds is 7. The number of carbonyl (C=O) groups is 1. The van der Waals surface area contributed by atoms with Crippen LogP contribution in [0.2, 0.25) is 0 Å². The Hall–Kier alpha value is -3.29. The Bertz CT molecular complexity index is 870. The highest BCUT2D eigenvalue weighted by molar-refractivity contribution is 6.00. The molecule has 3 rings (SSSR count). The van der Waals surface area contributed by atoms with Crippen molar-refractivity contribution in [1.29, 1.82) is 0 Å². The predicted octanol–water partition coefficient (Wildman–Crippen LogP) is 1.81. The Kier molecular flexibility index (Phi) is 5.75. The fourth-order valence-electron chi connectivity index (χ4n) is 2.79. The first kappa shape index (κ1) is 18.5. The van der Waals surface area contributed by atoms with Gasteiger partial charge in [0, 0.05) is 18.3 Å². The number of methoxy groups -OCH3 is 1. The molecule has 27 heavy (non-hydrogen) atoms. The number of nitrogens with one attached hydrogen (secondary N) is 2. The molecule has 2 aromatic rings. The van der Waals surface area contributed by atoms with Crippen LogP contribution in [0.5, 0.6) is 5.75 Å². The van der Waals surface area contributed by atoms with E-state index >= 15 is 0 Å². The van der Waals surface area contributed by atoms with Crippen molar-refractivity contribution in [3.63, 3.8) is 0 Å². The highest BCUT2D eigenvalue weighted by Gasteiger charge is 2.23. The van der Waals surface area contributed by atoms with Crippen molar-refractivity contribution >= 4 is 17.4 Å². The van der Waals surface area contributed by atoms with Gasteiger partial charge in [-0.15, -0.1) is 0 Å². The van der Waals surface area contributed by atoms with Gasteiger partial charge in [-0.3, -0.25) is 9.78 Å². The van der Waals surface area contributed by atoms with Crippen LogP contribution in [0.15, 0.2) is 42.4 Å². The minimum absolute atomic E-state index is 0.207. The van der Waals surface area contributed by atoms with Crippen molar-refractivity contribution in [3.05, 3.63) is 59.3 Å². The number of hydrogen-bond donors (Lipinski definition) is 3. The van der Waals surface area contributed by atoms with Crippen LogP contribution < -0.4 is 21.1 Å². The number of ether oxygens (including phenoxy) is 2. The van der Waals surface area contributed by atoms with E-state index in [0.717, 1.165) is 11.8 Å². The third-order valence-corrected chi connectivity index (χ3v) is 4.10. The van der Waals surface area contributed by atoms with Gasteiger partial charge in [-0.25, -0.2) is 4.39 Å². The summed E-state index contributed by atoms with van der Waals surface area (Å²) in [7, 11) is 1.54. The summed E-state index contributed by atoms with van der Waals surface area (Å²) in [6.07, 6.45) is 4.06. The third kappa shape index (κ3) is 4.46. The lowest BCUT2D eigenvalue weighted by Gasteiger charge is -2.10. The lowest BCUT2D eigenvalue weighted by Crippen LogP contribution is -2.31. The summed E-state index contributed by atoms with van der Waals surface area (Å²) in [4.78, 5) is 16.3. The monoisotopic (exact) mass is 372 g/mol. The molecule has 1 aliphatic rings. The summed E-state index contributed by atoms with van der Waals surface area (Å²) in [5.74, 6) is 0.367. The van der Waals surface area contributed by atoms with Crippen molar-refractivity contribution in [2.24, 2.45) is 0 Å². The number of benzene rings is 1. The molecular weight excluding hydrogens is 351 g/mol. The summed E-state index contributed by atoms with van der Waals surface area (Å²) < 4.78 is 23.8. The zero-order valence-electron chi connectivity index (χ0n) is 14.9. The average Bonchev–Trinajstić information content (AvgIpc) is 3.15. The summed E-state index contributed by atoms with van der Waals surface area (Å²) in [5.41, 5.74) is 8.22. The third-order valence-electron chi connectivity index (χ3n) is 4.10. The molecule has 0 aliphatic carbocycles. The standard InChI is InChI=1S/C19H21FN4O3/c1-26-16-5-4-13(8-15(16)21)18-17(24-11-27-18)19(25)23-6-2-3-12-7-14(20)10-22-9-12/h4-5,7-10,24H,2-3,6,11,21H2,1H3,(H,23,25). The molecule has 0 fully saturated rings. The van der Waals surface area contributed by atoms with Crippen LogP contribution >= 0.6 is 0 Å². The Morgan fingerprint density at radius 2 is 2.26 bits per heavy atom. The molecule has 0 atom stereocenters. The van der Waals surface area contributed by atoms with Crippen LogP contribution in [0.1, 0.15) is 17.5 Å². The van der Waals surface area contributed by atoms with Gasteiger partial charge in [-0.1, -0.05) is 0 Å². The van der Waals surface area contributed by atoms with E-state index in [2.05, 4.69) is 15.6 Å². The first-order valence-corrected chi connectivity index (χ1v) is 8.51. The van der Waals surface area contributed by atoms with Crippen molar-refractivity contribution in [1.82, 2.24) is 15.6 Å². The highest BCUT2D eigenvalue weighted by atomic mass is 19.1. The second kappa shape index (κ2) is 8.39. The molecule has 1 aromatic carbocycles. The summed E-state index contributed by atoms with van der Waals surface area (Å²) >= 11 is 0. The first-order valence-electron chi connectivity index (χ1n) is 8.51. The van der Waals surface area contributed by atoms with Crippen LogP contribution in [0.3, 0.4) is 0 Å². The van der Waals surface area contributed by atoms with E-state index in [0.29, 0.717) is 47.8 Å². The predicted molar refractivity (Wildman–Crippen MR) is 98.9 cm³/mol. The largest absolute Gasteiger partial charge is 0.495 e. The van der Waals surface area contributed by atoms with E-state index in [1.165, 1.54) is 13.2 Å². The number of nitrogen functional groups attached to an aromatic ring is 1. The molecule has 2 heterocycles. The fraction of sp³-hybridized carbons (Fsp3) is 0.263. The fourth-order valence-corrected chi connectivity index (χ4v) is 2.79. The topological polar surface area (TPSA) is 98.5 Å². The van der Waals surface area contributed by atoms with Crippen LogP contribution in [0, 0.1) is 5.82 Å². The lowest BCUT2D eigenvalue weighted by atomic mass is 10.1. The molecule has 0 unspecified atom stereocenters. The second-order valence-corrected chi connectivity index (χ2v) is 6.00. The Balaban J connectivity index is 1.61. The van der Waals surface area contributed by atoms with Gasteiger partial charge in [0.25, 0.3) is 5.91 Å². The van der Waals surface area contributed by atoms with Crippen molar-refractivity contribution in [2.45, 2.75) is 12.8 Å². The number of nitrogens with zero attached hydrogens (tertiary/aromatic N) is 1. The number of carbonyl (C=O) groups excluding carboxylic acids is 1. The van der Waals surface area contributed by atoms with Gasteiger partial charge in [0.05, 0.1) is 19.0 Å². The smallest absolute Gasteiger partial charge is 0.271 e. The Labute approximate surface area is 156 Å². The first-order chi connectivity index (χ1) is 13.1. The number of aromatic nitrogens is 1. The molecule has 8 heteroatoms. The average molecular weight is 372 g/mol. The molecule has 7 nitrogen and oxygen atoms in total. The Morgan fingerprint density at radius 1 is 1.41 bits per heavy atom. The molecule has 4 N–H and O–H groups in total. The van der Waals surface area contributed by atoms with E-state index < -0.39 is 0 Å². The van der Waals surface area contributed by atoms with Gasteiger partial charge in [0.1, 0.15) is 17.3 Å². The molecule has 0 saturated carbocycles. The molecule has 0 bridgehead atoms. The molecule has 1 aromatic heterocycles. The van der Waals surface area contributed by atoms with Gasteiger partial charge < -0.3 is 25.8 Å². The van der Waals surface area contributed by atoms with E-state index in [-0.39, 0.29) is 18.5 Å². The van der Waals surface area contributed by atoms with Crippen LogP contribution in [-0.2, 0) is 16.0 Å². The molecule has 1 amide bonds. The summed E-state index contributed by atoms with van der Waals surface area (Å²) in [6, 6.07) is 6.64. The maximum absolute atomic E-state index is 13.1. The van der Waals surface area contributed by atoms with Crippen molar-refractivity contribution < 1.29 is 18.7 Å². The number of pyridine rings is 1. The maximum Gasteiger partial charge on any atom is 0.271 e. The molecule has 1 aliphatic heterocycles. The molecule has 0 radical (unpaired) electrons. The number of hydrogen-bond acceptors (Lipinski definition) is 6. The number of nitrogens with two attached hydrogens (primary N) is 1. The minimum Gasteiger partial charge on any atom is -0.495 e. The summed E-state index contributed by atoms with van der Waals surface area (Å²) in [6.45, 7) is 0.650. The highest BCUT2D eigenvalue weighted by Crippen LogP contribution is 2.29. The number of aryl methyl sites for hydroxylation is 1. The number of amides is 1. The van der Waals surface area contributed by atoms with E-state index in [4.69, 9.17) is 15.2 Å². The van der Waals surface area contributed by atoms with Gasteiger partial charge in [-0.05, 0) is 42.7 Å². The van der Waals surface area contributed by atoms with Gasteiger partial charge in [0.2, 0.25) is 0 Å². The van der Waals surface area contributed by atoms with Gasteiger partial charge in [-0.2, -0.15) is 0 Å². The molecule has 0 saturated heterocycles. The van der Waals surface area contributed by atoms with Crippen LogP contribution in [0.25, 0.3) is 5.76 Å². The normalized spacial score (nSPS) is 13.1. The van der Waals surface area contributed by atoms with Crippen molar-refractivity contribution in [2.75, 3.05) is 26.1 Å². The number of anilines is 1.